The molecule has 3 aromatic rings. The van der Waals surface area contributed by atoms with Gasteiger partial charge in [-0.3, -0.25) is 9.59 Å². The van der Waals surface area contributed by atoms with Crippen LogP contribution in [0.2, 0.25) is 10.0 Å². The van der Waals surface area contributed by atoms with Crippen LogP contribution in [-0.2, 0) is 11.3 Å². The molecule has 0 bridgehead atoms. The molecule has 1 aromatic heterocycles. The van der Waals surface area contributed by atoms with Crippen molar-refractivity contribution < 1.29 is 9.18 Å². The van der Waals surface area contributed by atoms with E-state index in [0.29, 0.717) is 11.1 Å². The third-order valence-electron chi connectivity index (χ3n) is 4.64. The van der Waals surface area contributed by atoms with E-state index in [1.807, 2.05) is 0 Å². The molecule has 3 rings (SSSR count). The number of nitriles is 1. The molecule has 9 heteroatoms. The zero-order valence-electron chi connectivity index (χ0n) is 17.5. The van der Waals surface area contributed by atoms with Gasteiger partial charge in [0.2, 0.25) is 5.91 Å². The maximum absolute atomic E-state index is 14.5. The number of nitrogens with one attached hydrogen (secondary N) is 2. The number of rotatable bonds is 4. The minimum absolute atomic E-state index is 0.0389. The molecule has 0 atom stereocenters. The van der Waals surface area contributed by atoms with Gasteiger partial charge in [-0.15, -0.1) is 0 Å². The first-order valence-electron chi connectivity index (χ1n) is 9.58. The fraction of sp³-hybridized carbons (Fsp3) is 0.217. The molecule has 0 unspecified atom stereocenters. The van der Waals surface area contributed by atoms with Crippen molar-refractivity contribution in [2.45, 2.75) is 27.3 Å². The van der Waals surface area contributed by atoms with Crippen LogP contribution in [0.3, 0.4) is 0 Å². The van der Waals surface area contributed by atoms with Gasteiger partial charge in [0, 0.05) is 28.1 Å². The predicted octanol–water partition coefficient (Wildman–Crippen LogP) is 5.08. The summed E-state index contributed by atoms with van der Waals surface area (Å²) in [7, 11) is 0. The summed E-state index contributed by atoms with van der Waals surface area (Å²) < 4.78 is 14.5. The van der Waals surface area contributed by atoms with E-state index in [9.17, 15) is 19.2 Å². The zero-order chi connectivity index (χ0) is 23.6. The van der Waals surface area contributed by atoms with Gasteiger partial charge in [-0.2, -0.15) is 5.26 Å². The van der Waals surface area contributed by atoms with Gasteiger partial charge in [0.1, 0.15) is 23.3 Å². The monoisotopic (exact) mass is 472 g/mol. The molecule has 0 saturated heterocycles. The van der Waals surface area contributed by atoms with Gasteiger partial charge in [-0.1, -0.05) is 50.0 Å². The van der Waals surface area contributed by atoms with E-state index in [2.05, 4.69) is 15.3 Å². The van der Waals surface area contributed by atoms with Crippen molar-refractivity contribution in [2.75, 3.05) is 0 Å². The molecule has 6 nitrogen and oxygen atoms in total. The number of carbonyl (C=O) groups is 1. The van der Waals surface area contributed by atoms with Gasteiger partial charge >= 0.3 is 0 Å². The average Bonchev–Trinajstić information content (AvgIpc) is 2.71. The Labute approximate surface area is 194 Å². The summed E-state index contributed by atoms with van der Waals surface area (Å²) in [5, 5.41) is 12.7. The smallest absolute Gasteiger partial charge is 0.269 e. The highest BCUT2D eigenvalue weighted by molar-refractivity contribution is 6.33. The summed E-state index contributed by atoms with van der Waals surface area (Å²) in [6, 6.07) is 10.6. The van der Waals surface area contributed by atoms with Gasteiger partial charge in [0.05, 0.1) is 10.7 Å². The number of halogens is 3. The second-order valence-corrected chi connectivity index (χ2v) is 8.96. The number of aromatic amines is 1. The molecule has 0 spiro atoms. The number of amides is 1. The van der Waals surface area contributed by atoms with E-state index < -0.39 is 16.8 Å². The Morgan fingerprint density at radius 1 is 1.19 bits per heavy atom. The van der Waals surface area contributed by atoms with Crippen molar-refractivity contribution in [1.29, 1.82) is 5.26 Å². The van der Waals surface area contributed by atoms with Crippen LogP contribution < -0.4 is 10.9 Å². The molecular formula is C23H19Cl2FN4O2. The predicted molar refractivity (Wildman–Crippen MR) is 122 cm³/mol. The summed E-state index contributed by atoms with van der Waals surface area (Å²) in [4.78, 5) is 31.6. The molecular weight excluding hydrogens is 454 g/mol. The number of nitrogens with zero attached hydrogens (tertiary/aromatic N) is 2. The third kappa shape index (κ3) is 4.98. The van der Waals surface area contributed by atoms with E-state index in [1.165, 1.54) is 12.1 Å². The van der Waals surface area contributed by atoms with Crippen molar-refractivity contribution in [3.63, 3.8) is 0 Å². The van der Waals surface area contributed by atoms with Crippen LogP contribution in [-0.4, -0.2) is 15.9 Å². The van der Waals surface area contributed by atoms with Crippen LogP contribution >= 0.6 is 23.2 Å². The number of carbonyl (C=O) groups excluding carboxylic acids is 1. The highest BCUT2D eigenvalue weighted by Crippen LogP contribution is 2.30. The zero-order valence-corrected chi connectivity index (χ0v) is 19.0. The fourth-order valence-electron chi connectivity index (χ4n) is 2.89. The SMILES string of the molecule is CC(C)(C)C(=O)NCc1ccc(Cl)c(-c2nc(-c3ccc(Cl)cc3F)c(C#N)c(=O)[nH]2)c1. The maximum atomic E-state index is 14.5. The van der Waals surface area contributed by atoms with Crippen LogP contribution in [0.4, 0.5) is 4.39 Å². The topological polar surface area (TPSA) is 98.6 Å². The minimum atomic E-state index is -0.732. The Bertz CT molecular complexity index is 1310. The van der Waals surface area contributed by atoms with E-state index in [4.69, 9.17) is 23.2 Å². The van der Waals surface area contributed by atoms with Crippen molar-refractivity contribution in [2.24, 2.45) is 5.41 Å². The van der Waals surface area contributed by atoms with Crippen LogP contribution in [0.5, 0.6) is 0 Å². The van der Waals surface area contributed by atoms with Crippen LogP contribution in [0, 0.1) is 22.6 Å². The first kappa shape index (κ1) is 23.5. The largest absolute Gasteiger partial charge is 0.352 e. The Balaban J connectivity index is 2.09. The van der Waals surface area contributed by atoms with Crippen molar-refractivity contribution in [1.82, 2.24) is 15.3 Å². The number of benzene rings is 2. The Hall–Kier alpha value is -3.21. The highest BCUT2D eigenvalue weighted by atomic mass is 35.5. The van der Waals surface area contributed by atoms with Gasteiger partial charge in [0.25, 0.3) is 5.56 Å². The third-order valence-corrected chi connectivity index (χ3v) is 5.20. The second-order valence-electron chi connectivity index (χ2n) is 8.12. The number of H-pyrrole nitrogens is 1. The molecule has 1 amide bonds. The van der Waals surface area contributed by atoms with Gasteiger partial charge in [-0.25, -0.2) is 9.37 Å². The van der Waals surface area contributed by atoms with Gasteiger partial charge in [0.15, 0.2) is 0 Å². The van der Waals surface area contributed by atoms with Crippen LogP contribution in [0.1, 0.15) is 31.9 Å². The molecule has 2 aromatic carbocycles. The number of hydrogen-bond acceptors (Lipinski definition) is 4. The molecule has 164 valence electrons. The van der Waals surface area contributed by atoms with Crippen LogP contribution in [0.25, 0.3) is 22.6 Å². The summed E-state index contributed by atoms with van der Waals surface area (Å²) >= 11 is 12.2. The molecule has 0 fully saturated rings. The van der Waals surface area contributed by atoms with E-state index >= 15 is 0 Å². The highest BCUT2D eigenvalue weighted by Gasteiger charge is 2.21. The van der Waals surface area contributed by atoms with Gasteiger partial charge in [-0.05, 0) is 35.9 Å². The molecule has 2 N–H and O–H groups in total. The summed E-state index contributed by atoms with van der Waals surface area (Å²) in [6.07, 6.45) is 0. The molecule has 0 saturated carbocycles. The van der Waals surface area contributed by atoms with E-state index in [0.717, 1.165) is 6.07 Å². The van der Waals surface area contributed by atoms with Gasteiger partial charge < -0.3 is 10.3 Å². The minimum Gasteiger partial charge on any atom is -0.352 e. The Morgan fingerprint density at radius 3 is 2.53 bits per heavy atom. The summed E-state index contributed by atoms with van der Waals surface area (Å²) in [5.74, 6) is -0.783. The molecule has 0 aliphatic carbocycles. The van der Waals surface area contributed by atoms with Crippen molar-refractivity contribution in [3.8, 4) is 28.7 Å². The first-order chi connectivity index (χ1) is 15.0. The molecule has 1 heterocycles. The lowest BCUT2D eigenvalue weighted by atomic mass is 9.95. The first-order valence-corrected chi connectivity index (χ1v) is 10.3. The molecule has 32 heavy (non-hydrogen) atoms. The lowest BCUT2D eigenvalue weighted by Gasteiger charge is -2.18. The lowest BCUT2D eigenvalue weighted by molar-refractivity contribution is -0.128. The summed E-state index contributed by atoms with van der Waals surface area (Å²) in [6.45, 7) is 5.65. The fourth-order valence-corrected chi connectivity index (χ4v) is 3.26. The quantitative estimate of drug-likeness (QED) is 0.552. The van der Waals surface area contributed by atoms with Crippen LogP contribution in [0.15, 0.2) is 41.2 Å². The normalized spacial score (nSPS) is 11.2. The molecule has 0 radical (unpaired) electrons. The molecule has 0 aliphatic rings. The maximum Gasteiger partial charge on any atom is 0.269 e. The second kappa shape index (κ2) is 9.11. The van der Waals surface area contributed by atoms with E-state index in [1.54, 1.807) is 45.0 Å². The van der Waals surface area contributed by atoms with E-state index in [-0.39, 0.29) is 45.1 Å². The number of hydrogen-bond donors (Lipinski definition) is 2. The lowest BCUT2D eigenvalue weighted by Crippen LogP contribution is -2.34. The van der Waals surface area contributed by atoms with Crippen molar-refractivity contribution in [3.05, 3.63) is 73.7 Å². The Kier molecular flexibility index (Phi) is 6.68. The standard InChI is InChI=1S/C23H19Cl2FN4O2/c1-23(2,3)22(32)28-11-12-4-7-17(25)15(8-12)20-29-19(16(10-27)21(31)30-20)14-6-5-13(24)9-18(14)26/h4-9H,11H2,1-3H3,(H,28,32)(H,29,30,31). The molecule has 0 aliphatic heterocycles. The van der Waals surface area contributed by atoms with Crippen molar-refractivity contribution >= 4 is 29.1 Å². The number of aromatic nitrogens is 2. The Morgan fingerprint density at radius 2 is 1.91 bits per heavy atom. The average molecular weight is 473 g/mol. The summed E-state index contributed by atoms with van der Waals surface area (Å²) in [5.41, 5.74) is -0.693.